The van der Waals surface area contributed by atoms with Gasteiger partial charge < -0.3 is 10.1 Å². The second kappa shape index (κ2) is 8.06. The summed E-state index contributed by atoms with van der Waals surface area (Å²) in [5, 5.41) is 8.46. The monoisotopic (exact) mass is 442 g/mol. The molecule has 0 spiro atoms. The summed E-state index contributed by atoms with van der Waals surface area (Å²) in [6.07, 6.45) is 4.96. The molecule has 2 unspecified atom stereocenters. The maximum absolute atomic E-state index is 5.45. The van der Waals surface area contributed by atoms with Crippen molar-refractivity contribution in [3.63, 3.8) is 0 Å². The van der Waals surface area contributed by atoms with Gasteiger partial charge in [-0.15, -0.1) is 11.3 Å². The highest BCUT2D eigenvalue weighted by Gasteiger charge is 2.48. The number of rotatable bonds is 6. The molecule has 2 aromatic rings. The molecule has 1 saturated heterocycles. The fourth-order valence-corrected chi connectivity index (χ4v) is 6.85. The van der Waals surface area contributed by atoms with Crippen LogP contribution in [0, 0.1) is 11.3 Å². The first-order valence-electron chi connectivity index (χ1n) is 11.6. The fraction of sp³-hybridized carbons (Fsp3) is 0.696. The quantitative estimate of drug-likeness (QED) is 0.713. The molecule has 5 rings (SSSR count). The van der Waals surface area contributed by atoms with E-state index < -0.39 is 0 Å². The van der Waals surface area contributed by atoms with Crippen LogP contribution in [0.1, 0.15) is 40.0 Å². The van der Waals surface area contributed by atoms with Crippen LogP contribution in [0.2, 0.25) is 0 Å². The number of thiophene rings is 1. The van der Waals surface area contributed by atoms with E-state index in [0.29, 0.717) is 5.92 Å². The molecule has 1 saturated carbocycles. The lowest BCUT2D eigenvalue weighted by Crippen LogP contribution is -2.53. The van der Waals surface area contributed by atoms with E-state index in [1.807, 2.05) is 0 Å². The molecule has 3 aliphatic rings. The van der Waals surface area contributed by atoms with Crippen molar-refractivity contribution in [3.8, 4) is 0 Å². The van der Waals surface area contributed by atoms with E-state index in [1.54, 1.807) is 17.7 Å². The molecular weight excluding hydrogens is 408 g/mol. The molecule has 7 nitrogen and oxygen atoms in total. The Labute approximate surface area is 188 Å². The Kier molecular flexibility index (Phi) is 5.53. The van der Waals surface area contributed by atoms with Crippen molar-refractivity contribution < 1.29 is 4.74 Å². The molecule has 2 N–H and O–H groups in total. The molecule has 2 aliphatic heterocycles. The molecule has 0 bridgehead atoms. The lowest BCUT2D eigenvalue weighted by atomic mass is 9.82. The summed E-state index contributed by atoms with van der Waals surface area (Å²) in [5.74, 6) is 1.37. The molecule has 1 aliphatic carbocycles. The molecular formula is C23H34N6OS. The Bertz CT molecular complexity index is 1080. The van der Waals surface area contributed by atoms with Crippen LogP contribution < -0.4 is 20.5 Å². The highest BCUT2D eigenvalue weighted by molar-refractivity contribution is 7.17. The Hall–Kier alpha value is -1.61. The van der Waals surface area contributed by atoms with Gasteiger partial charge in [0.1, 0.15) is 22.5 Å². The number of morpholine rings is 1. The number of fused-ring (bicyclic) bond motifs is 4. The zero-order valence-corrected chi connectivity index (χ0v) is 19.9. The summed E-state index contributed by atoms with van der Waals surface area (Å²) in [4.78, 5) is 17.1. The van der Waals surface area contributed by atoms with E-state index >= 15 is 0 Å². The van der Waals surface area contributed by atoms with Gasteiger partial charge in [0.25, 0.3) is 0 Å². The van der Waals surface area contributed by atoms with Crippen LogP contribution in [0.4, 0.5) is 5.82 Å². The van der Waals surface area contributed by atoms with E-state index in [0.717, 1.165) is 79.4 Å². The molecule has 31 heavy (non-hydrogen) atoms. The standard InChI is InChI=1S/C23H34N6OS/c1-5-23(24-4)16-13-22(2,3)12-15(16)17-18-19(31-21(17)28-23)20(27-14-26-18)25-6-7-29-8-10-30-11-9-29/h14,16,24H,5-13H2,1-4H3,(H,25,26,27). The molecule has 2 atom stereocenters. The lowest BCUT2D eigenvalue weighted by molar-refractivity contribution is 0.0398. The highest BCUT2D eigenvalue weighted by Crippen LogP contribution is 2.51. The first-order valence-corrected chi connectivity index (χ1v) is 12.4. The van der Waals surface area contributed by atoms with E-state index in [2.05, 4.69) is 48.3 Å². The van der Waals surface area contributed by atoms with Crippen LogP contribution in [0.5, 0.6) is 0 Å². The van der Waals surface area contributed by atoms with E-state index in [1.165, 1.54) is 10.8 Å². The minimum absolute atomic E-state index is 0.214. The van der Waals surface area contributed by atoms with Crippen LogP contribution in [-0.4, -0.2) is 67.0 Å². The van der Waals surface area contributed by atoms with E-state index in [4.69, 9.17) is 14.7 Å². The smallest absolute Gasteiger partial charge is 0.147 e. The molecule has 168 valence electrons. The predicted octanol–water partition coefficient (Wildman–Crippen LogP) is 1.98. The Balaban J connectivity index is 1.55. The number of hydrogen-bond acceptors (Lipinski definition) is 8. The van der Waals surface area contributed by atoms with Gasteiger partial charge in [0, 0.05) is 37.3 Å². The van der Waals surface area contributed by atoms with Gasteiger partial charge in [0.2, 0.25) is 0 Å². The van der Waals surface area contributed by atoms with Gasteiger partial charge in [-0.3, -0.25) is 15.2 Å². The summed E-state index contributed by atoms with van der Waals surface area (Å²) in [5.41, 5.74) is 2.69. The van der Waals surface area contributed by atoms with Crippen molar-refractivity contribution in [2.24, 2.45) is 16.3 Å². The third-order valence-electron chi connectivity index (χ3n) is 7.29. The van der Waals surface area contributed by atoms with Gasteiger partial charge in [-0.1, -0.05) is 26.3 Å². The minimum Gasteiger partial charge on any atom is -0.379 e. The van der Waals surface area contributed by atoms with Crippen LogP contribution in [0.25, 0.3) is 15.8 Å². The normalized spacial score (nSPS) is 27.7. The molecule has 0 aromatic carbocycles. The van der Waals surface area contributed by atoms with E-state index in [-0.39, 0.29) is 11.1 Å². The molecule has 0 amide bonds. The van der Waals surface area contributed by atoms with Crippen LogP contribution in [-0.2, 0) is 4.74 Å². The average Bonchev–Trinajstić information content (AvgIpc) is 3.30. The predicted molar refractivity (Wildman–Crippen MR) is 126 cm³/mol. The number of nitrogens with one attached hydrogen (secondary N) is 2. The van der Waals surface area contributed by atoms with Crippen LogP contribution in [0.15, 0.2) is 11.3 Å². The molecule has 0 radical (unpaired) electrons. The van der Waals surface area contributed by atoms with Crippen molar-refractivity contribution in [1.29, 1.82) is 0 Å². The Morgan fingerprint density at radius 1 is 1.26 bits per heavy atom. The third kappa shape index (κ3) is 3.67. The number of nitrogens with zero attached hydrogens (tertiary/aromatic N) is 4. The Morgan fingerprint density at radius 3 is 2.81 bits per heavy atom. The number of hydrogen-bond donors (Lipinski definition) is 2. The van der Waals surface area contributed by atoms with Gasteiger partial charge in [0.15, 0.2) is 0 Å². The average molecular weight is 443 g/mol. The molecule has 2 aromatic heterocycles. The second-order valence-corrected chi connectivity index (χ2v) is 10.8. The van der Waals surface area contributed by atoms with Crippen molar-refractivity contribution in [3.05, 3.63) is 16.2 Å². The zero-order valence-electron chi connectivity index (χ0n) is 19.1. The zero-order chi connectivity index (χ0) is 21.6. The van der Waals surface area contributed by atoms with Crippen molar-refractivity contribution in [1.82, 2.24) is 20.2 Å². The summed E-state index contributed by atoms with van der Waals surface area (Å²) in [7, 11) is 2.06. The minimum atomic E-state index is -0.214. The van der Waals surface area contributed by atoms with Crippen LogP contribution in [0.3, 0.4) is 0 Å². The largest absolute Gasteiger partial charge is 0.379 e. The first-order chi connectivity index (χ1) is 15.0. The van der Waals surface area contributed by atoms with E-state index in [9.17, 15) is 0 Å². The SMILES string of the molecule is CCC1(NC)N=c2sc3c(NCCN4CCOCC4)ncnc3c2=C2CC(C)(C)CC21. The van der Waals surface area contributed by atoms with Gasteiger partial charge in [-0.25, -0.2) is 9.97 Å². The fourth-order valence-electron chi connectivity index (χ4n) is 5.65. The van der Waals surface area contributed by atoms with Crippen molar-refractivity contribution in [2.45, 2.75) is 45.7 Å². The summed E-state index contributed by atoms with van der Waals surface area (Å²) < 4.78 is 7.71. The van der Waals surface area contributed by atoms with Gasteiger partial charge in [-0.05, 0) is 31.7 Å². The number of anilines is 1. The molecule has 8 heteroatoms. The van der Waals surface area contributed by atoms with Gasteiger partial charge in [-0.2, -0.15) is 0 Å². The van der Waals surface area contributed by atoms with Gasteiger partial charge >= 0.3 is 0 Å². The Morgan fingerprint density at radius 2 is 2.06 bits per heavy atom. The summed E-state index contributed by atoms with van der Waals surface area (Å²) in [6, 6.07) is 0. The number of ether oxygens (including phenoxy) is 1. The molecule has 2 fully saturated rings. The summed E-state index contributed by atoms with van der Waals surface area (Å²) in [6.45, 7) is 12.6. The van der Waals surface area contributed by atoms with Crippen molar-refractivity contribution >= 4 is 32.9 Å². The second-order valence-electron chi connectivity index (χ2n) is 9.83. The van der Waals surface area contributed by atoms with Crippen LogP contribution >= 0.6 is 11.3 Å². The van der Waals surface area contributed by atoms with Gasteiger partial charge in [0.05, 0.1) is 23.4 Å². The topological polar surface area (TPSA) is 74.7 Å². The lowest BCUT2D eigenvalue weighted by Gasteiger charge is -2.37. The third-order valence-corrected chi connectivity index (χ3v) is 8.37. The summed E-state index contributed by atoms with van der Waals surface area (Å²) >= 11 is 1.75. The highest BCUT2D eigenvalue weighted by atomic mass is 32.1. The maximum Gasteiger partial charge on any atom is 0.147 e. The van der Waals surface area contributed by atoms with Crippen molar-refractivity contribution in [2.75, 3.05) is 51.8 Å². The maximum atomic E-state index is 5.45. The molecule has 4 heterocycles. The first kappa shape index (κ1) is 21.2. The number of aromatic nitrogens is 2.